The quantitative estimate of drug-likeness (QED) is 0.677. The Morgan fingerprint density at radius 1 is 1.37 bits per heavy atom. The molecule has 0 aliphatic carbocycles. The van der Waals surface area contributed by atoms with Gasteiger partial charge in [-0.05, 0) is 31.0 Å². The van der Waals surface area contributed by atoms with Gasteiger partial charge in [-0.25, -0.2) is 13.6 Å². The normalized spacial score (nSPS) is 23.7. The molecule has 0 radical (unpaired) electrons. The van der Waals surface area contributed by atoms with E-state index in [-0.39, 0.29) is 36.4 Å². The number of nitrogens with zero attached hydrogens (tertiary/aromatic N) is 2. The van der Waals surface area contributed by atoms with Gasteiger partial charge in [0.15, 0.2) is 5.69 Å². The molecular weight excluding hydrogens is 441 g/mol. The van der Waals surface area contributed by atoms with Gasteiger partial charge in [-0.1, -0.05) is 0 Å². The smallest absolute Gasteiger partial charge is 0.358 e. The average Bonchev–Trinajstić information content (AvgIpc) is 3.12. The van der Waals surface area contributed by atoms with Crippen molar-refractivity contribution >= 4 is 30.8 Å². The van der Waals surface area contributed by atoms with Crippen molar-refractivity contribution in [3.8, 4) is 0 Å². The molecular formula is C19H24Cl2F2N4O3. The first-order valence-electron chi connectivity index (χ1n) is 9.18. The number of carbonyl (C=O) groups excluding carboxylic acids is 1. The second kappa shape index (κ2) is 10.0. The summed E-state index contributed by atoms with van der Waals surface area (Å²) in [6, 6.07) is 2.90. The SMILES string of the molecule is COC(=O)c1n[nH]c2c1CCN([C@H]1CO[C@H](c3cc(F)ccc3F)[C@@H](N)C1)C2.Cl.Cl. The van der Waals surface area contributed by atoms with Gasteiger partial charge in [0.05, 0.1) is 19.4 Å². The maximum Gasteiger partial charge on any atom is 0.358 e. The number of aromatic nitrogens is 2. The van der Waals surface area contributed by atoms with Gasteiger partial charge in [0.25, 0.3) is 0 Å². The van der Waals surface area contributed by atoms with Crippen molar-refractivity contribution in [1.82, 2.24) is 15.1 Å². The number of esters is 1. The number of rotatable bonds is 3. The molecule has 0 amide bonds. The highest BCUT2D eigenvalue weighted by atomic mass is 35.5. The molecule has 4 rings (SSSR count). The number of fused-ring (bicyclic) bond motifs is 1. The lowest BCUT2D eigenvalue weighted by molar-refractivity contribution is -0.0550. The maximum absolute atomic E-state index is 14.1. The fraction of sp³-hybridized carbons (Fsp3) is 0.474. The first-order chi connectivity index (χ1) is 13.5. The van der Waals surface area contributed by atoms with Crippen LogP contribution in [0.4, 0.5) is 8.78 Å². The maximum atomic E-state index is 14.1. The van der Waals surface area contributed by atoms with Gasteiger partial charge in [-0.15, -0.1) is 24.8 Å². The Hall–Kier alpha value is -1.78. The van der Waals surface area contributed by atoms with Gasteiger partial charge in [-0.2, -0.15) is 5.10 Å². The number of nitrogens with one attached hydrogen (secondary N) is 1. The number of halogens is 4. The van der Waals surface area contributed by atoms with E-state index in [0.717, 1.165) is 36.0 Å². The van der Waals surface area contributed by atoms with Crippen molar-refractivity contribution in [2.75, 3.05) is 20.3 Å². The van der Waals surface area contributed by atoms with Crippen LogP contribution in [0.15, 0.2) is 18.2 Å². The van der Waals surface area contributed by atoms with Crippen molar-refractivity contribution in [1.29, 1.82) is 0 Å². The second-order valence-corrected chi connectivity index (χ2v) is 7.21. The number of aromatic amines is 1. The summed E-state index contributed by atoms with van der Waals surface area (Å²) in [7, 11) is 1.33. The molecule has 1 aromatic heterocycles. The summed E-state index contributed by atoms with van der Waals surface area (Å²) in [5, 5.41) is 6.99. The molecule has 3 N–H and O–H groups in total. The topological polar surface area (TPSA) is 93.5 Å². The number of nitrogens with two attached hydrogens (primary N) is 1. The molecule has 7 nitrogen and oxygen atoms in total. The van der Waals surface area contributed by atoms with Crippen LogP contribution in [0.3, 0.4) is 0 Å². The van der Waals surface area contributed by atoms with E-state index in [1.807, 2.05) is 0 Å². The van der Waals surface area contributed by atoms with Crippen LogP contribution < -0.4 is 5.73 Å². The number of hydrogen-bond donors (Lipinski definition) is 2. The minimum Gasteiger partial charge on any atom is -0.464 e. The summed E-state index contributed by atoms with van der Waals surface area (Å²) in [6.45, 7) is 1.66. The standard InChI is InChI=1S/C19H22F2N4O3.2ClH/c1-27-19(26)17-12-4-5-25(8-16(12)23-24-17)11-7-15(22)18(28-9-11)13-6-10(20)2-3-14(13)21;;/h2-3,6,11,15,18H,4-5,7-9,22H2,1H3,(H,23,24);2*1H/t11-,15+,18-;;/m1../s1. The van der Waals surface area contributed by atoms with Crippen LogP contribution in [-0.2, 0) is 22.4 Å². The lowest BCUT2D eigenvalue weighted by atomic mass is 9.92. The number of H-pyrrole nitrogens is 1. The van der Waals surface area contributed by atoms with Crippen LogP contribution in [0.2, 0.25) is 0 Å². The summed E-state index contributed by atoms with van der Waals surface area (Å²) >= 11 is 0. The van der Waals surface area contributed by atoms with Crippen LogP contribution in [0.5, 0.6) is 0 Å². The molecule has 30 heavy (non-hydrogen) atoms. The molecule has 2 aromatic rings. The first kappa shape index (κ1) is 24.5. The average molecular weight is 465 g/mol. The molecule has 3 heterocycles. The van der Waals surface area contributed by atoms with Crippen molar-refractivity contribution < 1.29 is 23.0 Å². The Bertz CT molecular complexity index is 899. The molecule has 0 spiro atoms. The summed E-state index contributed by atoms with van der Waals surface area (Å²) in [5.74, 6) is -1.48. The lowest BCUT2D eigenvalue weighted by Crippen LogP contribution is -2.50. The molecule has 3 atom stereocenters. The van der Waals surface area contributed by atoms with E-state index in [9.17, 15) is 13.6 Å². The van der Waals surface area contributed by atoms with Crippen molar-refractivity contribution in [3.63, 3.8) is 0 Å². The third kappa shape index (κ3) is 4.60. The highest BCUT2D eigenvalue weighted by Gasteiger charge is 2.36. The zero-order valence-electron chi connectivity index (χ0n) is 16.3. The van der Waals surface area contributed by atoms with Crippen LogP contribution in [0.1, 0.15) is 39.8 Å². The number of hydrogen-bond acceptors (Lipinski definition) is 6. The summed E-state index contributed by atoms with van der Waals surface area (Å²) < 4.78 is 38.2. The van der Waals surface area contributed by atoms with Gasteiger partial charge in [0.2, 0.25) is 0 Å². The summed E-state index contributed by atoms with van der Waals surface area (Å²) in [4.78, 5) is 14.0. The van der Waals surface area contributed by atoms with Crippen molar-refractivity contribution in [2.45, 2.75) is 37.6 Å². The van der Waals surface area contributed by atoms with E-state index in [4.69, 9.17) is 15.2 Å². The minimum atomic E-state index is -0.676. The summed E-state index contributed by atoms with van der Waals surface area (Å²) in [5.41, 5.74) is 8.50. The van der Waals surface area contributed by atoms with E-state index < -0.39 is 29.7 Å². The highest BCUT2D eigenvalue weighted by Crippen LogP contribution is 2.33. The van der Waals surface area contributed by atoms with E-state index >= 15 is 0 Å². The third-order valence-electron chi connectivity index (χ3n) is 5.52. The van der Waals surface area contributed by atoms with E-state index in [0.29, 0.717) is 31.7 Å². The number of carbonyl (C=O) groups is 1. The van der Waals surface area contributed by atoms with Crippen LogP contribution in [0.25, 0.3) is 0 Å². The highest BCUT2D eigenvalue weighted by molar-refractivity contribution is 5.89. The summed E-state index contributed by atoms with van der Waals surface area (Å²) in [6.07, 6.45) is 0.572. The lowest BCUT2D eigenvalue weighted by Gasteiger charge is -2.41. The molecule has 11 heteroatoms. The molecule has 166 valence electrons. The van der Waals surface area contributed by atoms with Crippen molar-refractivity contribution in [2.24, 2.45) is 5.73 Å². The number of methoxy groups -OCH3 is 1. The number of ether oxygens (including phenoxy) is 2. The molecule has 2 aliphatic heterocycles. The Labute approximate surface area is 185 Å². The Balaban J connectivity index is 0.00000160. The van der Waals surface area contributed by atoms with Crippen molar-refractivity contribution in [3.05, 3.63) is 52.3 Å². The Morgan fingerprint density at radius 2 is 2.13 bits per heavy atom. The molecule has 1 aromatic carbocycles. The molecule has 0 bridgehead atoms. The molecule has 1 saturated heterocycles. The van der Waals surface area contributed by atoms with E-state index in [1.165, 1.54) is 7.11 Å². The largest absolute Gasteiger partial charge is 0.464 e. The minimum absolute atomic E-state index is 0. The third-order valence-corrected chi connectivity index (χ3v) is 5.52. The van der Waals surface area contributed by atoms with Gasteiger partial charge in [0, 0.05) is 36.3 Å². The van der Waals surface area contributed by atoms with Crippen LogP contribution in [0, 0.1) is 11.6 Å². The van der Waals surface area contributed by atoms with Gasteiger partial charge >= 0.3 is 5.97 Å². The van der Waals surface area contributed by atoms with E-state index in [2.05, 4.69) is 15.1 Å². The zero-order chi connectivity index (χ0) is 19.8. The fourth-order valence-corrected chi connectivity index (χ4v) is 4.07. The monoisotopic (exact) mass is 464 g/mol. The van der Waals surface area contributed by atoms with Crippen LogP contribution in [-0.4, -0.2) is 53.4 Å². The zero-order valence-corrected chi connectivity index (χ0v) is 17.9. The van der Waals surface area contributed by atoms with Gasteiger partial charge < -0.3 is 15.2 Å². The predicted molar refractivity (Wildman–Crippen MR) is 110 cm³/mol. The first-order valence-corrected chi connectivity index (χ1v) is 9.18. The Morgan fingerprint density at radius 3 is 2.83 bits per heavy atom. The predicted octanol–water partition coefficient (Wildman–Crippen LogP) is 2.53. The van der Waals surface area contributed by atoms with Crippen LogP contribution >= 0.6 is 24.8 Å². The van der Waals surface area contributed by atoms with Gasteiger partial charge in [0.1, 0.15) is 17.7 Å². The second-order valence-electron chi connectivity index (χ2n) is 7.21. The Kier molecular flexibility index (Phi) is 8.18. The molecule has 1 fully saturated rings. The van der Waals surface area contributed by atoms with Gasteiger partial charge in [-0.3, -0.25) is 10.00 Å². The molecule has 0 unspecified atom stereocenters. The molecule has 0 saturated carbocycles. The number of benzene rings is 1. The fourth-order valence-electron chi connectivity index (χ4n) is 4.07. The molecule has 2 aliphatic rings. The van der Waals surface area contributed by atoms with E-state index in [1.54, 1.807) is 0 Å².